The third kappa shape index (κ3) is 6.39. The van der Waals surface area contributed by atoms with Crippen molar-refractivity contribution in [2.24, 2.45) is 0 Å². The fraction of sp³-hybridized carbons (Fsp3) is 0.148. The number of hydrogen-bond donors (Lipinski definition) is 0. The average Bonchev–Trinajstić information content (AvgIpc) is 2.81. The molecule has 0 aliphatic rings. The van der Waals surface area contributed by atoms with Crippen LogP contribution in [0, 0.1) is 0 Å². The number of hydrogen-bond acceptors (Lipinski definition) is 3. The Morgan fingerprint density at radius 1 is 0.677 bits per heavy atom. The van der Waals surface area contributed by atoms with Gasteiger partial charge in [0, 0.05) is 38.9 Å². The van der Waals surface area contributed by atoms with Crippen LogP contribution in [0.15, 0.2) is 121 Å². The topological polar surface area (TPSA) is 20.5 Å². The van der Waals surface area contributed by atoms with Gasteiger partial charge >= 0.3 is 10.2 Å². The second kappa shape index (κ2) is 11.1. The van der Waals surface area contributed by atoms with Crippen molar-refractivity contribution in [2.45, 2.75) is 39.7 Å². The molecule has 1 heterocycles. The molecule has 31 heavy (non-hydrogen) atoms. The number of ether oxygens (including phenoxy) is 1. The Hall–Kier alpha value is -2.69. The highest BCUT2D eigenvalue weighted by molar-refractivity contribution is 7.99. The van der Waals surface area contributed by atoms with E-state index in [0.717, 1.165) is 56.3 Å². The maximum atomic E-state index is 6.24. The van der Waals surface area contributed by atoms with Crippen LogP contribution in [0.4, 0.5) is 0 Å². The first-order valence-corrected chi connectivity index (χ1v) is 12.1. The highest BCUT2D eigenvalue weighted by Crippen LogP contribution is 2.37. The first kappa shape index (κ1) is 21.5. The number of benzene rings is 3. The summed E-state index contributed by atoms with van der Waals surface area (Å²) in [7, 11) is 0. The molecule has 0 aliphatic heterocycles. The molecule has 0 fully saturated rings. The molecule has 0 atom stereocenters. The molecule has 0 saturated heterocycles. The van der Waals surface area contributed by atoms with Gasteiger partial charge in [-0.1, -0.05) is 61.9 Å². The lowest BCUT2D eigenvalue weighted by atomic mass is 10.1. The van der Waals surface area contributed by atoms with E-state index in [1.165, 1.54) is 0 Å². The van der Waals surface area contributed by atoms with E-state index in [-0.39, 0.29) is 0 Å². The Morgan fingerprint density at radius 2 is 1.23 bits per heavy atom. The van der Waals surface area contributed by atoms with Gasteiger partial charge in [0.2, 0.25) is 0 Å². The molecule has 3 aromatic carbocycles. The second-order valence-electron chi connectivity index (χ2n) is 7.04. The molecule has 156 valence electrons. The van der Waals surface area contributed by atoms with Gasteiger partial charge in [0.1, 0.15) is 5.75 Å². The lowest BCUT2D eigenvalue weighted by Crippen LogP contribution is -1.95. The summed E-state index contributed by atoms with van der Waals surface area (Å²) < 4.78 is 12.1. The van der Waals surface area contributed by atoms with Crippen LogP contribution in [0.3, 0.4) is 0 Å². The molecular formula is C27H25O2S2+. The molecule has 4 aromatic rings. The van der Waals surface area contributed by atoms with E-state index in [2.05, 4.69) is 55.5 Å². The summed E-state index contributed by atoms with van der Waals surface area (Å²) in [4.78, 5) is 2.30. The Morgan fingerprint density at radius 3 is 1.74 bits per heavy atom. The van der Waals surface area contributed by atoms with Gasteiger partial charge in [-0.15, -0.1) is 0 Å². The zero-order valence-corrected chi connectivity index (χ0v) is 19.1. The Bertz CT molecular complexity index is 1020. The fourth-order valence-electron chi connectivity index (χ4n) is 3.01. The summed E-state index contributed by atoms with van der Waals surface area (Å²) in [6, 6.07) is 33.2. The smallest absolute Gasteiger partial charge is 0.394 e. The van der Waals surface area contributed by atoms with Gasteiger partial charge < -0.3 is 4.74 Å². The van der Waals surface area contributed by atoms with Crippen molar-refractivity contribution >= 4 is 23.5 Å². The van der Waals surface area contributed by atoms with E-state index < -0.39 is 0 Å². The monoisotopic (exact) mass is 445 g/mol. The minimum absolute atomic E-state index is 0.760. The van der Waals surface area contributed by atoms with E-state index in [1.54, 1.807) is 23.5 Å². The average molecular weight is 446 g/mol. The van der Waals surface area contributed by atoms with Gasteiger partial charge in [-0.05, 0) is 48.4 Å². The van der Waals surface area contributed by atoms with Crippen molar-refractivity contribution in [3.63, 3.8) is 0 Å². The van der Waals surface area contributed by atoms with Crippen LogP contribution in [0.1, 0.15) is 19.8 Å². The molecule has 0 radical (unpaired) electrons. The largest absolute Gasteiger partial charge is 0.494 e. The quantitative estimate of drug-likeness (QED) is 0.189. The fourth-order valence-corrected chi connectivity index (χ4v) is 4.75. The summed E-state index contributed by atoms with van der Waals surface area (Å²) in [5, 5.41) is 1.73. The molecule has 2 nitrogen and oxygen atoms in total. The highest BCUT2D eigenvalue weighted by atomic mass is 32.2. The van der Waals surface area contributed by atoms with Crippen LogP contribution in [0.25, 0.3) is 11.1 Å². The summed E-state index contributed by atoms with van der Waals surface area (Å²) in [6.45, 7) is 2.93. The second-order valence-corrected chi connectivity index (χ2v) is 9.20. The molecule has 0 aliphatic carbocycles. The molecule has 0 amide bonds. The van der Waals surface area contributed by atoms with Crippen molar-refractivity contribution in [1.29, 1.82) is 0 Å². The summed E-state index contributed by atoms with van der Waals surface area (Å²) in [5.74, 6) is 0.913. The van der Waals surface area contributed by atoms with Crippen LogP contribution in [-0.4, -0.2) is 6.61 Å². The van der Waals surface area contributed by atoms with Gasteiger partial charge in [0.15, 0.2) is 0 Å². The van der Waals surface area contributed by atoms with Crippen molar-refractivity contribution in [2.75, 3.05) is 6.61 Å². The lowest BCUT2D eigenvalue weighted by molar-refractivity contribution is 0.309. The molecule has 0 saturated carbocycles. The van der Waals surface area contributed by atoms with Gasteiger partial charge in [-0.3, -0.25) is 0 Å². The molecule has 0 spiro atoms. The van der Waals surface area contributed by atoms with E-state index in [4.69, 9.17) is 9.15 Å². The number of rotatable bonds is 9. The predicted molar refractivity (Wildman–Crippen MR) is 130 cm³/mol. The predicted octanol–water partition coefficient (Wildman–Crippen LogP) is 8.71. The zero-order valence-electron chi connectivity index (χ0n) is 17.5. The summed E-state index contributed by atoms with van der Waals surface area (Å²) in [6.07, 6.45) is 2.21. The summed E-state index contributed by atoms with van der Waals surface area (Å²) in [5.41, 5.74) is 2.27. The van der Waals surface area contributed by atoms with Gasteiger partial charge in [-0.2, -0.15) is 4.42 Å². The van der Waals surface area contributed by atoms with E-state index >= 15 is 0 Å². The van der Waals surface area contributed by atoms with Crippen LogP contribution in [0.5, 0.6) is 5.75 Å². The van der Waals surface area contributed by atoms with Gasteiger partial charge in [0.25, 0.3) is 0 Å². The van der Waals surface area contributed by atoms with Gasteiger partial charge in [0.05, 0.1) is 18.7 Å². The minimum atomic E-state index is 0.760. The Balaban J connectivity index is 1.62. The standard InChI is InChI=1S/C27H25O2S2/c1-2-3-18-28-23-16-14-21(15-17-23)22-19-26(30-24-10-6-4-7-11-24)29-27(20-22)31-25-12-8-5-9-13-25/h4-17,19-20H,2-3,18H2,1H3/q+1. The highest BCUT2D eigenvalue weighted by Gasteiger charge is 2.20. The molecular weight excluding hydrogens is 420 g/mol. The van der Waals surface area contributed by atoms with Crippen molar-refractivity contribution < 1.29 is 9.15 Å². The Labute approximate surface area is 192 Å². The molecule has 4 heteroatoms. The molecule has 0 N–H and O–H groups in total. The number of unbranched alkanes of at least 4 members (excludes halogenated alkanes) is 1. The molecule has 4 rings (SSSR count). The van der Waals surface area contributed by atoms with E-state index in [9.17, 15) is 0 Å². The van der Waals surface area contributed by atoms with Crippen molar-refractivity contribution in [1.82, 2.24) is 0 Å². The van der Waals surface area contributed by atoms with Crippen molar-refractivity contribution in [3.05, 3.63) is 97.1 Å². The lowest BCUT2D eigenvalue weighted by Gasteiger charge is -2.06. The van der Waals surface area contributed by atoms with Gasteiger partial charge in [-0.25, -0.2) is 0 Å². The third-order valence-corrected chi connectivity index (χ3v) is 6.45. The molecule has 0 bridgehead atoms. The normalized spacial score (nSPS) is 10.7. The van der Waals surface area contributed by atoms with Crippen molar-refractivity contribution in [3.8, 4) is 16.9 Å². The third-order valence-electron chi connectivity index (χ3n) is 4.63. The van der Waals surface area contributed by atoms with E-state index in [0.29, 0.717) is 0 Å². The SMILES string of the molecule is CCCCOc1ccc(-c2cc(Sc3ccccc3)[o+]c(Sc3ccccc3)c2)cc1. The maximum Gasteiger partial charge on any atom is 0.394 e. The zero-order chi connectivity index (χ0) is 21.3. The maximum absolute atomic E-state index is 6.24. The summed E-state index contributed by atoms with van der Waals surface area (Å²) >= 11 is 3.27. The van der Waals surface area contributed by atoms with Crippen LogP contribution in [0.2, 0.25) is 0 Å². The molecule has 0 unspecified atom stereocenters. The van der Waals surface area contributed by atoms with Crippen LogP contribution < -0.4 is 4.74 Å². The Kier molecular flexibility index (Phi) is 7.70. The molecule has 1 aromatic heterocycles. The van der Waals surface area contributed by atoms with E-state index in [1.807, 2.05) is 48.5 Å². The first-order valence-electron chi connectivity index (χ1n) is 10.5. The van der Waals surface area contributed by atoms with Crippen LogP contribution >= 0.6 is 23.5 Å². The minimum Gasteiger partial charge on any atom is -0.494 e. The van der Waals surface area contributed by atoms with Crippen LogP contribution in [-0.2, 0) is 0 Å². The first-order chi connectivity index (χ1) is 15.3.